The van der Waals surface area contributed by atoms with Crippen LogP contribution in [0.4, 0.5) is 0 Å². The number of rotatable bonds is 16. The predicted molar refractivity (Wildman–Crippen MR) is 96.1 cm³/mol. The first-order chi connectivity index (χ1) is 11.6. The van der Waals surface area contributed by atoms with Crippen LogP contribution >= 0.6 is 0 Å². The minimum absolute atomic E-state index is 0.0901. The monoisotopic (exact) mass is 340 g/mol. The molecule has 4 nitrogen and oxygen atoms in total. The number of hydrogen-bond donors (Lipinski definition) is 2. The van der Waals surface area contributed by atoms with Crippen LogP contribution in [0.5, 0.6) is 0 Å². The molecule has 0 spiro atoms. The van der Waals surface area contributed by atoms with Crippen LogP contribution in [-0.4, -0.2) is 22.2 Å². The SMILES string of the molecule is CCCCCCCCC1C(CCCCCCCC(=O)O)C1C(=O)O. The fraction of sp³-hybridized carbons (Fsp3) is 0.900. The van der Waals surface area contributed by atoms with Gasteiger partial charge in [0.05, 0.1) is 5.92 Å². The lowest BCUT2D eigenvalue weighted by Gasteiger charge is -2.02. The number of carboxylic acid groups (broad SMARTS) is 2. The first-order valence-corrected chi connectivity index (χ1v) is 10.0. The van der Waals surface area contributed by atoms with Gasteiger partial charge in [-0.3, -0.25) is 9.59 Å². The van der Waals surface area contributed by atoms with E-state index in [1.165, 1.54) is 38.5 Å². The second-order valence-corrected chi connectivity index (χ2v) is 7.45. The molecule has 1 fully saturated rings. The van der Waals surface area contributed by atoms with Gasteiger partial charge in [0, 0.05) is 6.42 Å². The van der Waals surface area contributed by atoms with Crippen molar-refractivity contribution in [3.8, 4) is 0 Å². The molecule has 0 amide bonds. The Balaban J connectivity index is 2.06. The molecule has 0 aromatic carbocycles. The summed E-state index contributed by atoms with van der Waals surface area (Å²) in [5, 5.41) is 17.9. The number of unbranched alkanes of at least 4 members (excludes halogenated alkanes) is 9. The van der Waals surface area contributed by atoms with E-state index < -0.39 is 11.9 Å². The van der Waals surface area contributed by atoms with Crippen molar-refractivity contribution in [2.24, 2.45) is 17.8 Å². The molecule has 24 heavy (non-hydrogen) atoms. The van der Waals surface area contributed by atoms with Crippen molar-refractivity contribution in [2.75, 3.05) is 0 Å². The van der Waals surface area contributed by atoms with Crippen molar-refractivity contribution >= 4 is 11.9 Å². The minimum Gasteiger partial charge on any atom is -0.481 e. The van der Waals surface area contributed by atoms with E-state index in [1.54, 1.807) is 0 Å². The van der Waals surface area contributed by atoms with Crippen LogP contribution in [0, 0.1) is 17.8 Å². The Kier molecular flexibility index (Phi) is 10.8. The largest absolute Gasteiger partial charge is 0.481 e. The topological polar surface area (TPSA) is 74.6 Å². The average Bonchev–Trinajstić information content (AvgIpc) is 3.22. The summed E-state index contributed by atoms with van der Waals surface area (Å²) in [4.78, 5) is 21.8. The number of hydrogen-bond acceptors (Lipinski definition) is 2. The van der Waals surface area contributed by atoms with Gasteiger partial charge in [-0.15, -0.1) is 0 Å². The summed E-state index contributed by atoms with van der Waals surface area (Å²) in [5.41, 5.74) is 0. The van der Waals surface area contributed by atoms with E-state index in [2.05, 4.69) is 6.92 Å². The molecule has 1 aliphatic carbocycles. The first kappa shape index (κ1) is 21.0. The van der Waals surface area contributed by atoms with Crippen LogP contribution in [0.25, 0.3) is 0 Å². The van der Waals surface area contributed by atoms with Crippen LogP contribution in [0.3, 0.4) is 0 Å². The highest BCUT2D eigenvalue weighted by molar-refractivity contribution is 5.74. The van der Waals surface area contributed by atoms with E-state index in [1.807, 2.05) is 0 Å². The van der Waals surface area contributed by atoms with Crippen molar-refractivity contribution in [1.29, 1.82) is 0 Å². The Morgan fingerprint density at radius 3 is 1.62 bits per heavy atom. The molecular weight excluding hydrogens is 304 g/mol. The van der Waals surface area contributed by atoms with Gasteiger partial charge < -0.3 is 10.2 Å². The fourth-order valence-electron chi connectivity index (χ4n) is 3.95. The molecule has 3 atom stereocenters. The summed E-state index contributed by atoms with van der Waals surface area (Å²) < 4.78 is 0. The minimum atomic E-state index is -0.713. The highest BCUT2D eigenvalue weighted by atomic mass is 16.4. The molecule has 0 aliphatic heterocycles. The molecule has 0 heterocycles. The molecule has 3 unspecified atom stereocenters. The Bertz CT molecular complexity index is 367. The van der Waals surface area contributed by atoms with Gasteiger partial charge in [0.1, 0.15) is 0 Å². The standard InChI is InChI=1S/C20H36O4/c1-2-3-4-5-7-10-13-16-17(19(16)20(23)24)14-11-8-6-9-12-15-18(21)22/h16-17,19H,2-15H2,1H3,(H,21,22)(H,23,24). The molecule has 0 saturated heterocycles. The van der Waals surface area contributed by atoms with Crippen molar-refractivity contribution in [3.63, 3.8) is 0 Å². The summed E-state index contributed by atoms with van der Waals surface area (Å²) in [5.74, 6) is -0.585. The third-order valence-electron chi connectivity index (χ3n) is 5.44. The Morgan fingerprint density at radius 2 is 1.17 bits per heavy atom. The lowest BCUT2D eigenvalue weighted by Crippen LogP contribution is -2.00. The molecule has 0 bridgehead atoms. The fourth-order valence-corrected chi connectivity index (χ4v) is 3.95. The molecule has 0 aromatic rings. The summed E-state index contributed by atoms with van der Waals surface area (Å²) in [6.07, 6.45) is 15.0. The normalized spacial score (nSPS) is 22.5. The zero-order valence-electron chi connectivity index (χ0n) is 15.3. The van der Waals surface area contributed by atoms with E-state index >= 15 is 0 Å². The molecule has 0 aromatic heterocycles. The zero-order valence-corrected chi connectivity index (χ0v) is 15.3. The Morgan fingerprint density at radius 1 is 0.708 bits per heavy atom. The van der Waals surface area contributed by atoms with Crippen LogP contribution in [0.15, 0.2) is 0 Å². The predicted octanol–water partition coefficient (Wildman–Crippen LogP) is 5.50. The second kappa shape index (κ2) is 12.3. The van der Waals surface area contributed by atoms with Crippen molar-refractivity contribution in [3.05, 3.63) is 0 Å². The highest BCUT2D eigenvalue weighted by Gasteiger charge is 2.53. The number of carbonyl (C=O) groups is 2. The van der Waals surface area contributed by atoms with Gasteiger partial charge in [-0.1, -0.05) is 71.1 Å². The van der Waals surface area contributed by atoms with Crippen molar-refractivity contribution < 1.29 is 19.8 Å². The summed E-state index contributed by atoms with van der Waals surface area (Å²) in [6, 6.07) is 0. The van der Waals surface area contributed by atoms with Crippen molar-refractivity contribution in [2.45, 2.75) is 96.8 Å². The summed E-state index contributed by atoms with van der Waals surface area (Å²) in [7, 11) is 0. The first-order valence-electron chi connectivity index (χ1n) is 10.0. The number of aliphatic carboxylic acids is 2. The lowest BCUT2D eigenvalue weighted by molar-refractivity contribution is -0.139. The third-order valence-corrected chi connectivity index (χ3v) is 5.44. The molecule has 140 valence electrons. The van der Waals surface area contributed by atoms with Crippen LogP contribution in [0.2, 0.25) is 0 Å². The zero-order chi connectivity index (χ0) is 17.8. The molecule has 2 N–H and O–H groups in total. The van der Waals surface area contributed by atoms with Gasteiger partial charge >= 0.3 is 11.9 Å². The Hall–Kier alpha value is -1.06. The maximum atomic E-state index is 11.3. The molecule has 1 rings (SSSR count). The third kappa shape index (κ3) is 8.70. The van der Waals surface area contributed by atoms with E-state index in [0.717, 1.165) is 44.9 Å². The molecule has 1 aliphatic rings. The van der Waals surface area contributed by atoms with Gasteiger partial charge in [0.2, 0.25) is 0 Å². The maximum absolute atomic E-state index is 11.3. The maximum Gasteiger partial charge on any atom is 0.307 e. The molecular formula is C20H36O4. The smallest absolute Gasteiger partial charge is 0.307 e. The summed E-state index contributed by atoms with van der Waals surface area (Å²) >= 11 is 0. The van der Waals surface area contributed by atoms with Gasteiger partial charge in [0.25, 0.3) is 0 Å². The second-order valence-electron chi connectivity index (χ2n) is 7.45. The van der Waals surface area contributed by atoms with E-state index in [0.29, 0.717) is 11.8 Å². The number of carboxylic acids is 2. The van der Waals surface area contributed by atoms with Gasteiger partial charge in [-0.25, -0.2) is 0 Å². The Labute approximate surface area is 147 Å². The molecule has 1 saturated carbocycles. The van der Waals surface area contributed by atoms with E-state index in [9.17, 15) is 14.7 Å². The quantitative estimate of drug-likeness (QED) is 0.364. The van der Waals surface area contributed by atoms with Gasteiger partial charge in [-0.2, -0.15) is 0 Å². The molecule has 4 heteroatoms. The summed E-state index contributed by atoms with van der Waals surface area (Å²) in [6.45, 7) is 2.22. The van der Waals surface area contributed by atoms with Crippen molar-refractivity contribution in [1.82, 2.24) is 0 Å². The van der Waals surface area contributed by atoms with E-state index in [-0.39, 0.29) is 12.3 Å². The van der Waals surface area contributed by atoms with Gasteiger partial charge in [-0.05, 0) is 31.1 Å². The van der Waals surface area contributed by atoms with Gasteiger partial charge in [0.15, 0.2) is 0 Å². The lowest BCUT2D eigenvalue weighted by atomic mass is 10.0. The average molecular weight is 341 g/mol. The van der Waals surface area contributed by atoms with Crippen LogP contribution in [0.1, 0.15) is 96.8 Å². The molecule has 0 radical (unpaired) electrons. The van der Waals surface area contributed by atoms with Crippen LogP contribution < -0.4 is 0 Å². The highest BCUT2D eigenvalue weighted by Crippen LogP contribution is 2.52. The van der Waals surface area contributed by atoms with E-state index in [4.69, 9.17) is 5.11 Å². The van der Waals surface area contributed by atoms with Crippen LogP contribution in [-0.2, 0) is 9.59 Å².